The lowest BCUT2D eigenvalue weighted by molar-refractivity contribution is -0.141. The molecule has 6 nitrogen and oxygen atoms in total. The van der Waals surface area contributed by atoms with Gasteiger partial charge in [0.2, 0.25) is 10.0 Å². The molecule has 0 bridgehead atoms. The fraction of sp³-hybridized carbons (Fsp3) is 0.400. The van der Waals surface area contributed by atoms with Gasteiger partial charge in [-0.25, -0.2) is 13.1 Å². The van der Waals surface area contributed by atoms with E-state index in [1.165, 1.54) is 13.2 Å². The SMILES string of the molecule is COC(=O)CCC(=O)CNS(=O)(=O)c1cccs1. The van der Waals surface area contributed by atoms with Crippen molar-refractivity contribution in [3.63, 3.8) is 0 Å². The minimum Gasteiger partial charge on any atom is -0.469 e. The number of thiophene rings is 1. The lowest BCUT2D eigenvalue weighted by Gasteiger charge is -2.03. The van der Waals surface area contributed by atoms with Crippen LogP contribution in [0.4, 0.5) is 0 Å². The molecule has 0 aliphatic rings. The maximum absolute atomic E-state index is 11.6. The highest BCUT2D eigenvalue weighted by Crippen LogP contribution is 2.14. The number of rotatable bonds is 7. The van der Waals surface area contributed by atoms with Crippen molar-refractivity contribution in [1.29, 1.82) is 0 Å². The van der Waals surface area contributed by atoms with Crippen LogP contribution in [0, 0.1) is 0 Å². The Kier molecular flexibility index (Phi) is 5.45. The molecule has 1 aromatic heterocycles. The van der Waals surface area contributed by atoms with Crippen LogP contribution in [0.25, 0.3) is 0 Å². The molecule has 0 aliphatic carbocycles. The summed E-state index contributed by atoms with van der Waals surface area (Å²) >= 11 is 1.07. The van der Waals surface area contributed by atoms with E-state index in [-0.39, 0.29) is 29.4 Å². The van der Waals surface area contributed by atoms with E-state index >= 15 is 0 Å². The molecule has 0 spiro atoms. The Bertz CT molecular complexity index is 506. The molecule has 100 valence electrons. The molecule has 1 N–H and O–H groups in total. The number of methoxy groups -OCH3 is 1. The van der Waals surface area contributed by atoms with E-state index in [0.717, 1.165) is 11.3 Å². The van der Waals surface area contributed by atoms with E-state index < -0.39 is 16.0 Å². The highest BCUT2D eigenvalue weighted by molar-refractivity contribution is 7.91. The lowest BCUT2D eigenvalue weighted by Crippen LogP contribution is -2.29. The van der Waals surface area contributed by atoms with Gasteiger partial charge in [-0.15, -0.1) is 11.3 Å². The van der Waals surface area contributed by atoms with Gasteiger partial charge in [0.1, 0.15) is 9.99 Å². The van der Waals surface area contributed by atoms with E-state index in [1.807, 2.05) is 0 Å². The fourth-order valence-electron chi connectivity index (χ4n) is 1.09. The summed E-state index contributed by atoms with van der Waals surface area (Å²) in [6, 6.07) is 3.06. The Labute approximate surface area is 109 Å². The zero-order valence-electron chi connectivity index (χ0n) is 9.71. The predicted octanol–water partition coefficient (Wildman–Crippen LogP) is 0.549. The van der Waals surface area contributed by atoms with Crippen molar-refractivity contribution < 1.29 is 22.7 Å². The topological polar surface area (TPSA) is 89.5 Å². The molecule has 0 aliphatic heterocycles. The van der Waals surface area contributed by atoms with Crippen LogP contribution in [-0.4, -0.2) is 33.8 Å². The van der Waals surface area contributed by atoms with Crippen LogP contribution in [0.5, 0.6) is 0 Å². The van der Waals surface area contributed by atoms with Crippen molar-refractivity contribution in [2.24, 2.45) is 0 Å². The summed E-state index contributed by atoms with van der Waals surface area (Å²) in [6.45, 7) is -0.322. The monoisotopic (exact) mass is 291 g/mol. The molecule has 0 aromatic carbocycles. The Hall–Kier alpha value is -1.25. The molecule has 0 radical (unpaired) electrons. The summed E-state index contributed by atoms with van der Waals surface area (Å²) in [5, 5.41) is 1.63. The van der Waals surface area contributed by atoms with Crippen molar-refractivity contribution in [2.75, 3.05) is 13.7 Å². The fourth-order valence-corrected chi connectivity index (χ4v) is 3.14. The number of Topliss-reactive ketones (excluding diaryl/α,β-unsaturated/α-hetero) is 1. The molecule has 1 aromatic rings. The Morgan fingerprint density at radius 3 is 2.67 bits per heavy atom. The number of ketones is 1. The molecule has 0 unspecified atom stereocenters. The molecule has 0 saturated heterocycles. The average Bonchev–Trinajstić information content (AvgIpc) is 2.88. The number of esters is 1. The van der Waals surface area contributed by atoms with Gasteiger partial charge in [0, 0.05) is 6.42 Å². The van der Waals surface area contributed by atoms with Gasteiger partial charge in [-0.05, 0) is 11.4 Å². The Morgan fingerprint density at radius 1 is 1.39 bits per heavy atom. The number of hydrogen-bond acceptors (Lipinski definition) is 6. The number of hydrogen-bond donors (Lipinski definition) is 1. The van der Waals surface area contributed by atoms with Gasteiger partial charge in [0.15, 0.2) is 0 Å². The summed E-state index contributed by atoms with van der Waals surface area (Å²) in [5.74, 6) is -0.856. The first-order valence-electron chi connectivity index (χ1n) is 5.07. The summed E-state index contributed by atoms with van der Waals surface area (Å²) in [6.07, 6.45) is -0.0876. The highest BCUT2D eigenvalue weighted by Gasteiger charge is 2.16. The number of sulfonamides is 1. The quantitative estimate of drug-likeness (QED) is 0.741. The van der Waals surface area contributed by atoms with Crippen molar-refractivity contribution in [1.82, 2.24) is 4.72 Å². The molecule has 18 heavy (non-hydrogen) atoms. The first-order valence-corrected chi connectivity index (χ1v) is 7.43. The largest absolute Gasteiger partial charge is 0.469 e. The van der Waals surface area contributed by atoms with Crippen LogP contribution >= 0.6 is 11.3 Å². The van der Waals surface area contributed by atoms with Crippen LogP contribution in [0.3, 0.4) is 0 Å². The van der Waals surface area contributed by atoms with Crippen LogP contribution in [0.2, 0.25) is 0 Å². The number of carbonyl (C=O) groups is 2. The molecule has 0 fully saturated rings. The summed E-state index contributed by atoms with van der Waals surface area (Å²) in [5.41, 5.74) is 0. The second-order valence-corrected chi connectivity index (χ2v) is 6.31. The summed E-state index contributed by atoms with van der Waals surface area (Å²) in [7, 11) is -2.40. The van der Waals surface area contributed by atoms with Gasteiger partial charge in [0.05, 0.1) is 20.1 Å². The highest BCUT2D eigenvalue weighted by atomic mass is 32.2. The van der Waals surface area contributed by atoms with Gasteiger partial charge in [-0.1, -0.05) is 6.07 Å². The zero-order chi connectivity index (χ0) is 13.6. The zero-order valence-corrected chi connectivity index (χ0v) is 11.3. The predicted molar refractivity (Wildman–Crippen MR) is 65.8 cm³/mol. The van der Waals surface area contributed by atoms with Gasteiger partial charge in [-0.2, -0.15) is 0 Å². The molecule has 1 heterocycles. The van der Waals surface area contributed by atoms with Gasteiger partial charge in [-0.3, -0.25) is 9.59 Å². The molecule has 0 amide bonds. The Balaban J connectivity index is 2.41. The van der Waals surface area contributed by atoms with E-state index in [9.17, 15) is 18.0 Å². The molecular formula is C10H13NO5S2. The van der Waals surface area contributed by atoms with Crippen molar-refractivity contribution in [2.45, 2.75) is 17.1 Å². The first-order chi connectivity index (χ1) is 8.45. The molecule has 0 saturated carbocycles. The maximum atomic E-state index is 11.6. The second-order valence-electron chi connectivity index (χ2n) is 3.37. The van der Waals surface area contributed by atoms with Gasteiger partial charge in [0.25, 0.3) is 0 Å². The van der Waals surface area contributed by atoms with Crippen molar-refractivity contribution in [3.05, 3.63) is 17.5 Å². The summed E-state index contributed by atoms with van der Waals surface area (Å²) < 4.78 is 30.0. The first kappa shape index (κ1) is 14.8. The van der Waals surface area contributed by atoms with Crippen molar-refractivity contribution >= 4 is 33.1 Å². The molecule has 0 atom stereocenters. The third-order valence-electron chi connectivity index (χ3n) is 2.05. The number of nitrogens with one attached hydrogen (secondary N) is 1. The van der Waals surface area contributed by atoms with E-state index in [0.29, 0.717) is 0 Å². The van der Waals surface area contributed by atoms with Crippen LogP contribution in [0.15, 0.2) is 21.7 Å². The van der Waals surface area contributed by atoms with E-state index in [4.69, 9.17) is 0 Å². The van der Waals surface area contributed by atoms with Crippen LogP contribution < -0.4 is 4.72 Å². The molecular weight excluding hydrogens is 278 g/mol. The van der Waals surface area contributed by atoms with Gasteiger partial charge >= 0.3 is 5.97 Å². The third kappa shape index (κ3) is 4.55. The number of carbonyl (C=O) groups excluding carboxylic acids is 2. The van der Waals surface area contributed by atoms with Crippen LogP contribution in [0.1, 0.15) is 12.8 Å². The molecule has 8 heteroatoms. The van der Waals surface area contributed by atoms with E-state index in [2.05, 4.69) is 9.46 Å². The van der Waals surface area contributed by atoms with Crippen molar-refractivity contribution in [3.8, 4) is 0 Å². The minimum atomic E-state index is -3.62. The second kappa shape index (κ2) is 6.62. The summed E-state index contributed by atoms with van der Waals surface area (Å²) in [4.78, 5) is 22.1. The smallest absolute Gasteiger partial charge is 0.305 e. The Morgan fingerprint density at radius 2 is 2.11 bits per heavy atom. The average molecular weight is 291 g/mol. The lowest BCUT2D eigenvalue weighted by atomic mass is 10.2. The molecule has 1 rings (SSSR count). The van der Waals surface area contributed by atoms with E-state index in [1.54, 1.807) is 11.4 Å². The number of ether oxygens (including phenoxy) is 1. The normalized spacial score (nSPS) is 11.2. The maximum Gasteiger partial charge on any atom is 0.305 e. The third-order valence-corrected chi connectivity index (χ3v) is 4.85. The van der Waals surface area contributed by atoms with Gasteiger partial charge < -0.3 is 4.74 Å². The van der Waals surface area contributed by atoms with Crippen LogP contribution in [-0.2, 0) is 24.3 Å². The standard InChI is InChI=1S/C10H13NO5S2/c1-16-9(13)5-4-8(12)7-11-18(14,15)10-3-2-6-17-10/h2-3,6,11H,4-5,7H2,1H3. The minimum absolute atomic E-state index is 0.0420.